The molecule has 0 aliphatic rings. The number of benzene rings is 2. The number of nitrogens with one attached hydrogen (secondary N) is 1. The van der Waals surface area contributed by atoms with Crippen LogP contribution in [0.4, 0.5) is 10.2 Å². The third-order valence-corrected chi connectivity index (χ3v) is 3.79. The molecule has 122 valence electrons. The van der Waals surface area contributed by atoms with Crippen LogP contribution in [0, 0.1) is 5.82 Å². The summed E-state index contributed by atoms with van der Waals surface area (Å²) in [5.74, 6) is 0.339. The first-order valence-corrected chi connectivity index (χ1v) is 7.55. The van der Waals surface area contributed by atoms with E-state index in [-0.39, 0.29) is 11.7 Å². The van der Waals surface area contributed by atoms with Gasteiger partial charge in [0.2, 0.25) is 0 Å². The largest absolute Gasteiger partial charge is 0.444 e. The molecule has 2 aromatic heterocycles. The second kappa shape index (κ2) is 6.16. The Kier molecular flexibility index (Phi) is 3.70. The van der Waals surface area contributed by atoms with E-state index in [0.717, 1.165) is 16.3 Å². The Labute approximate surface area is 142 Å². The van der Waals surface area contributed by atoms with Crippen LogP contribution in [0.15, 0.2) is 71.7 Å². The van der Waals surface area contributed by atoms with E-state index in [0.29, 0.717) is 17.1 Å². The average molecular weight is 333 g/mol. The van der Waals surface area contributed by atoms with Crippen LogP contribution in [-0.4, -0.2) is 15.9 Å². The normalized spacial score (nSPS) is 10.8. The molecule has 2 aromatic carbocycles. The molecule has 0 saturated carbocycles. The van der Waals surface area contributed by atoms with Crippen LogP contribution in [0.5, 0.6) is 0 Å². The van der Waals surface area contributed by atoms with Crippen LogP contribution >= 0.6 is 0 Å². The number of carbonyl (C=O) groups is 1. The summed E-state index contributed by atoms with van der Waals surface area (Å²) in [7, 11) is 0. The highest BCUT2D eigenvalue weighted by Crippen LogP contribution is 2.25. The molecule has 6 heteroatoms. The van der Waals surface area contributed by atoms with Crippen molar-refractivity contribution >= 4 is 22.5 Å². The van der Waals surface area contributed by atoms with Gasteiger partial charge in [-0.2, -0.15) is 0 Å². The smallest absolute Gasteiger partial charge is 0.256 e. The highest BCUT2D eigenvalue weighted by atomic mass is 19.1. The van der Waals surface area contributed by atoms with Gasteiger partial charge in [0.05, 0.1) is 6.20 Å². The van der Waals surface area contributed by atoms with E-state index in [1.54, 1.807) is 18.5 Å². The lowest BCUT2D eigenvalue weighted by molar-refractivity contribution is 0.102. The van der Waals surface area contributed by atoms with Crippen molar-refractivity contribution in [1.82, 2.24) is 9.97 Å². The molecular formula is C19H12FN3O2. The van der Waals surface area contributed by atoms with Gasteiger partial charge in [0.15, 0.2) is 12.2 Å². The Morgan fingerprint density at radius 2 is 1.84 bits per heavy atom. The number of fused-ring (bicyclic) bond motifs is 1. The van der Waals surface area contributed by atoms with Gasteiger partial charge in [0.25, 0.3) is 5.91 Å². The molecule has 0 spiro atoms. The highest BCUT2D eigenvalue weighted by molar-refractivity contribution is 6.04. The minimum Gasteiger partial charge on any atom is -0.444 e. The minimum atomic E-state index is -0.389. The molecule has 0 fully saturated rings. The summed E-state index contributed by atoms with van der Waals surface area (Å²) in [5.41, 5.74) is 1.24. The molecule has 0 aliphatic carbocycles. The van der Waals surface area contributed by atoms with Gasteiger partial charge in [-0.05, 0) is 41.8 Å². The lowest BCUT2D eigenvalue weighted by Crippen LogP contribution is -2.12. The van der Waals surface area contributed by atoms with Crippen molar-refractivity contribution in [3.63, 3.8) is 0 Å². The lowest BCUT2D eigenvalue weighted by Gasteiger charge is -2.07. The number of nitrogens with zero attached hydrogens (tertiary/aromatic N) is 2. The molecule has 0 radical (unpaired) electrons. The number of anilines is 1. The molecule has 0 unspecified atom stereocenters. The van der Waals surface area contributed by atoms with Crippen molar-refractivity contribution in [2.24, 2.45) is 0 Å². The molecule has 0 bridgehead atoms. The Hall–Kier alpha value is -3.54. The Morgan fingerprint density at radius 3 is 2.60 bits per heavy atom. The third kappa shape index (κ3) is 3.10. The number of amides is 1. The van der Waals surface area contributed by atoms with Gasteiger partial charge in [0, 0.05) is 22.7 Å². The highest BCUT2D eigenvalue weighted by Gasteiger charge is 2.08. The zero-order chi connectivity index (χ0) is 17.2. The summed E-state index contributed by atoms with van der Waals surface area (Å²) < 4.78 is 18.3. The van der Waals surface area contributed by atoms with Crippen LogP contribution in [0.1, 0.15) is 10.4 Å². The number of hydrogen-bond acceptors (Lipinski definition) is 4. The van der Waals surface area contributed by atoms with Crippen molar-refractivity contribution in [2.75, 3.05) is 5.32 Å². The van der Waals surface area contributed by atoms with Crippen molar-refractivity contribution in [3.8, 4) is 11.3 Å². The molecule has 0 aliphatic heterocycles. The zero-order valence-electron chi connectivity index (χ0n) is 12.9. The molecule has 0 saturated heterocycles. The van der Waals surface area contributed by atoms with Crippen LogP contribution in [0.3, 0.4) is 0 Å². The predicted octanol–water partition coefficient (Wildman–Crippen LogP) is 4.28. The van der Waals surface area contributed by atoms with Crippen LogP contribution in [0.2, 0.25) is 0 Å². The summed E-state index contributed by atoms with van der Waals surface area (Å²) >= 11 is 0. The topological polar surface area (TPSA) is 68.0 Å². The van der Waals surface area contributed by atoms with E-state index in [9.17, 15) is 9.18 Å². The number of halogens is 1. The van der Waals surface area contributed by atoms with E-state index in [1.807, 2.05) is 18.2 Å². The summed E-state index contributed by atoms with van der Waals surface area (Å²) in [6.07, 6.45) is 4.69. The fraction of sp³-hybridized carbons (Fsp3) is 0. The van der Waals surface area contributed by atoms with Gasteiger partial charge >= 0.3 is 0 Å². The SMILES string of the molecule is O=C(Nc1cc2cc(-c3cnco3)ccc2cn1)c1ccc(F)cc1. The first kappa shape index (κ1) is 15.0. The quantitative estimate of drug-likeness (QED) is 0.607. The van der Waals surface area contributed by atoms with Gasteiger partial charge in [0.1, 0.15) is 11.6 Å². The molecule has 1 amide bonds. The van der Waals surface area contributed by atoms with Crippen molar-refractivity contribution < 1.29 is 13.6 Å². The third-order valence-electron chi connectivity index (χ3n) is 3.79. The minimum absolute atomic E-state index is 0.349. The van der Waals surface area contributed by atoms with Crippen LogP contribution in [-0.2, 0) is 0 Å². The Bertz CT molecular complexity index is 1040. The van der Waals surface area contributed by atoms with Crippen molar-refractivity contribution in [2.45, 2.75) is 0 Å². The summed E-state index contributed by atoms with van der Waals surface area (Å²) in [4.78, 5) is 20.4. The number of carbonyl (C=O) groups excluding carboxylic acids is 1. The fourth-order valence-corrected chi connectivity index (χ4v) is 2.51. The van der Waals surface area contributed by atoms with E-state index in [1.165, 1.54) is 30.7 Å². The summed E-state index contributed by atoms with van der Waals surface area (Å²) in [6, 6.07) is 12.9. The summed E-state index contributed by atoms with van der Waals surface area (Å²) in [6.45, 7) is 0. The van der Waals surface area contributed by atoms with Gasteiger partial charge in [-0.1, -0.05) is 12.1 Å². The Balaban J connectivity index is 1.63. The van der Waals surface area contributed by atoms with Crippen molar-refractivity contribution in [1.29, 1.82) is 0 Å². The maximum Gasteiger partial charge on any atom is 0.256 e. The monoisotopic (exact) mass is 333 g/mol. The van der Waals surface area contributed by atoms with Crippen LogP contribution in [0.25, 0.3) is 22.1 Å². The van der Waals surface area contributed by atoms with E-state index < -0.39 is 0 Å². The van der Waals surface area contributed by atoms with E-state index in [4.69, 9.17) is 4.42 Å². The molecule has 2 heterocycles. The predicted molar refractivity (Wildman–Crippen MR) is 91.6 cm³/mol. The molecule has 5 nitrogen and oxygen atoms in total. The fourth-order valence-electron chi connectivity index (χ4n) is 2.51. The van der Waals surface area contributed by atoms with Crippen LogP contribution < -0.4 is 5.32 Å². The number of hydrogen-bond donors (Lipinski definition) is 1. The maximum absolute atomic E-state index is 12.9. The standard InChI is InChI=1S/C19H12FN3O2/c20-16-5-3-12(4-6-16)19(24)23-18-8-15-7-13(17-10-21-11-25-17)1-2-14(15)9-22-18/h1-11H,(H,22,23,24). The number of aromatic nitrogens is 2. The molecule has 0 atom stereocenters. The Morgan fingerprint density at radius 1 is 1.00 bits per heavy atom. The van der Waals surface area contributed by atoms with Crippen molar-refractivity contribution in [3.05, 3.63) is 78.7 Å². The molecule has 25 heavy (non-hydrogen) atoms. The average Bonchev–Trinajstić information content (AvgIpc) is 3.16. The first-order valence-electron chi connectivity index (χ1n) is 7.55. The van der Waals surface area contributed by atoms with E-state index in [2.05, 4.69) is 15.3 Å². The number of oxazole rings is 1. The number of pyridine rings is 1. The van der Waals surface area contributed by atoms with Gasteiger partial charge in [-0.3, -0.25) is 4.79 Å². The number of rotatable bonds is 3. The molecular weight excluding hydrogens is 321 g/mol. The molecule has 1 N–H and O–H groups in total. The second-order valence-electron chi connectivity index (χ2n) is 5.46. The van der Waals surface area contributed by atoms with Gasteiger partial charge in [-0.15, -0.1) is 0 Å². The van der Waals surface area contributed by atoms with E-state index >= 15 is 0 Å². The summed E-state index contributed by atoms with van der Waals surface area (Å²) in [5, 5.41) is 4.55. The second-order valence-corrected chi connectivity index (χ2v) is 5.46. The first-order chi connectivity index (χ1) is 12.2. The maximum atomic E-state index is 12.9. The van der Waals surface area contributed by atoms with Gasteiger partial charge < -0.3 is 9.73 Å². The van der Waals surface area contributed by atoms with Gasteiger partial charge in [-0.25, -0.2) is 14.4 Å². The lowest BCUT2D eigenvalue weighted by atomic mass is 10.1. The molecule has 4 aromatic rings. The zero-order valence-corrected chi connectivity index (χ0v) is 12.9. The molecule has 4 rings (SSSR count).